The van der Waals surface area contributed by atoms with E-state index in [-0.39, 0.29) is 0 Å². The first-order valence-electron chi connectivity index (χ1n) is 6.02. The minimum absolute atomic E-state index is 0.620. The molecule has 1 rings (SSSR count). The topological polar surface area (TPSA) is 49.3 Å². The summed E-state index contributed by atoms with van der Waals surface area (Å²) in [5, 5.41) is 12.3. The van der Waals surface area contributed by atoms with Crippen molar-refractivity contribution < 1.29 is 9.90 Å². The Balaban J connectivity index is 2.43. The molecule has 0 fully saturated rings. The summed E-state index contributed by atoms with van der Waals surface area (Å²) in [7, 11) is 0. The maximum Gasteiger partial charge on any atom is 0.309 e. The van der Waals surface area contributed by atoms with Crippen LogP contribution in [0.3, 0.4) is 0 Å². The molecule has 4 heteroatoms. The van der Waals surface area contributed by atoms with E-state index < -0.39 is 11.4 Å². The van der Waals surface area contributed by atoms with Crippen LogP contribution in [0.1, 0.15) is 31.4 Å². The van der Waals surface area contributed by atoms with Crippen LogP contribution in [-0.2, 0) is 11.3 Å². The van der Waals surface area contributed by atoms with Gasteiger partial charge < -0.3 is 10.4 Å². The summed E-state index contributed by atoms with van der Waals surface area (Å²) in [6.45, 7) is 7.04. The molecule has 18 heavy (non-hydrogen) atoms. The number of hydrogen-bond donors (Lipinski definition) is 2. The van der Waals surface area contributed by atoms with Gasteiger partial charge in [0.1, 0.15) is 0 Å². The molecule has 2 N–H and O–H groups in total. The van der Waals surface area contributed by atoms with Crippen molar-refractivity contribution in [3.05, 3.63) is 33.8 Å². The fourth-order valence-corrected chi connectivity index (χ4v) is 1.97. The van der Waals surface area contributed by atoms with Crippen LogP contribution in [0.5, 0.6) is 0 Å². The minimum atomic E-state index is -0.747. The van der Waals surface area contributed by atoms with Crippen LogP contribution in [-0.4, -0.2) is 17.6 Å². The van der Waals surface area contributed by atoms with Crippen LogP contribution in [0.2, 0.25) is 0 Å². The standard InChI is InChI=1S/C14H20BrNO2/c1-10-4-5-12(15)8-11(10)9-16-7-6-14(2,3)13(17)18/h4-5,8,16H,6-7,9H2,1-3H3,(H,17,18). The van der Waals surface area contributed by atoms with Gasteiger partial charge in [-0.15, -0.1) is 0 Å². The summed E-state index contributed by atoms with van der Waals surface area (Å²) in [4.78, 5) is 11.0. The monoisotopic (exact) mass is 313 g/mol. The third-order valence-electron chi connectivity index (χ3n) is 3.13. The van der Waals surface area contributed by atoms with E-state index in [1.807, 2.05) is 6.07 Å². The fourth-order valence-electron chi connectivity index (χ4n) is 1.56. The smallest absolute Gasteiger partial charge is 0.309 e. The predicted octanol–water partition coefficient (Wildman–Crippen LogP) is 3.35. The van der Waals surface area contributed by atoms with Crippen molar-refractivity contribution in [2.75, 3.05) is 6.54 Å². The molecule has 0 saturated carbocycles. The van der Waals surface area contributed by atoms with E-state index in [1.165, 1.54) is 11.1 Å². The summed E-state index contributed by atoms with van der Waals surface area (Å²) in [5.74, 6) is -0.747. The van der Waals surface area contributed by atoms with Crippen molar-refractivity contribution in [2.45, 2.75) is 33.7 Å². The van der Waals surface area contributed by atoms with E-state index in [2.05, 4.69) is 40.3 Å². The number of aryl methyl sites for hydroxylation is 1. The van der Waals surface area contributed by atoms with Gasteiger partial charge in [0.25, 0.3) is 0 Å². The number of carboxylic acids is 1. The van der Waals surface area contributed by atoms with Crippen molar-refractivity contribution in [3.63, 3.8) is 0 Å². The lowest BCUT2D eigenvalue weighted by molar-refractivity contribution is -0.147. The first-order valence-corrected chi connectivity index (χ1v) is 6.81. The summed E-state index contributed by atoms with van der Waals surface area (Å²) in [6.07, 6.45) is 0.620. The highest BCUT2D eigenvalue weighted by atomic mass is 79.9. The highest BCUT2D eigenvalue weighted by Crippen LogP contribution is 2.20. The van der Waals surface area contributed by atoms with Crippen LogP contribution in [0.4, 0.5) is 0 Å². The molecule has 1 aromatic rings. The van der Waals surface area contributed by atoms with E-state index >= 15 is 0 Å². The van der Waals surface area contributed by atoms with Crippen molar-refractivity contribution >= 4 is 21.9 Å². The summed E-state index contributed by atoms with van der Waals surface area (Å²) >= 11 is 3.45. The van der Waals surface area contributed by atoms with Gasteiger partial charge in [0, 0.05) is 11.0 Å². The molecule has 0 bridgehead atoms. The average molecular weight is 314 g/mol. The average Bonchev–Trinajstić information content (AvgIpc) is 2.28. The zero-order valence-corrected chi connectivity index (χ0v) is 12.7. The molecular formula is C14H20BrNO2. The van der Waals surface area contributed by atoms with Gasteiger partial charge in [-0.1, -0.05) is 22.0 Å². The Labute approximate surface area is 117 Å². The van der Waals surface area contributed by atoms with Gasteiger partial charge in [-0.3, -0.25) is 4.79 Å². The van der Waals surface area contributed by atoms with Crippen molar-refractivity contribution in [1.29, 1.82) is 0 Å². The first-order chi connectivity index (χ1) is 8.33. The van der Waals surface area contributed by atoms with Crippen molar-refractivity contribution in [1.82, 2.24) is 5.32 Å². The predicted molar refractivity (Wildman–Crippen MR) is 76.6 cm³/mol. The SMILES string of the molecule is Cc1ccc(Br)cc1CNCCC(C)(C)C(=O)O. The van der Waals surface area contributed by atoms with Gasteiger partial charge in [-0.05, 0) is 57.0 Å². The van der Waals surface area contributed by atoms with Crippen LogP contribution in [0, 0.1) is 12.3 Å². The van der Waals surface area contributed by atoms with Gasteiger partial charge in [-0.2, -0.15) is 0 Å². The minimum Gasteiger partial charge on any atom is -0.481 e. The second-order valence-electron chi connectivity index (χ2n) is 5.19. The Morgan fingerprint density at radius 1 is 1.44 bits per heavy atom. The van der Waals surface area contributed by atoms with Crippen LogP contribution < -0.4 is 5.32 Å². The molecular weight excluding hydrogens is 294 g/mol. The molecule has 0 heterocycles. The Hall–Kier alpha value is -0.870. The van der Waals surface area contributed by atoms with E-state index in [1.54, 1.807) is 13.8 Å². The molecule has 0 aliphatic carbocycles. The third-order valence-corrected chi connectivity index (χ3v) is 3.63. The second kappa shape index (κ2) is 6.34. The first kappa shape index (κ1) is 15.2. The molecule has 3 nitrogen and oxygen atoms in total. The van der Waals surface area contributed by atoms with E-state index in [0.717, 1.165) is 11.0 Å². The quantitative estimate of drug-likeness (QED) is 0.792. The van der Waals surface area contributed by atoms with Crippen LogP contribution >= 0.6 is 15.9 Å². The molecule has 0 spiro atoms. The fraction of sp³-hybridized carbons (Fsp3) is 0.500. The van der Waals surface area contributed by atoms with Gasteiger partial charge in [0.15, 0.2) is 0 Å². The van der Waals surface area contributed by atoms with Crippen LogP contribution in [0.25, 0.3) is 0 Å². The number of halogens is 1. The van der Waals surface area contributed by atoms with E-state index in [9.17, 15) is 4.79 Å². The zero-order chi connectivity index (χ0) is 13.8. The van der Waals surface area contributed by atoms with Gasteiger partial charge in [0.05, 0.1) is 5.41 Å². The highest BCUT2D eigenvalue weighted by Gasteiger charge is 2.25. The largest absolute Gasteiger partial charge is 0.481 e. The zero-order valence-electron chi connectivity index (χ0n) is 11.1. The lowest BCUT2D eigenvalue weighted by atomic mass is 9.90. The third kappa shape index (κ3) is 4.42. The Kier molecular flexibility index (Phi) is 5.35. The molecule has 0 atom stereocenters. The Bertz CT molecular complexity index is 430. The summed E-state index contributed by atoms with van der Waals surface area (Å²) < 4.78 is 1.07. The molecule has 0 amide bonds. The molecule has 0 unspecified atom stereocenters. The van der Waals surface area contributed by atoms with E-state index in [4.69, 9.17) is 5.11 Å². The lowest BCUT2D eigenvalue weighted by Crippen LogP contribution is -2.28. The number of carboxylic acid groups (broad SMARTS) is 1. The van der Waals surface area contributed by atoms with Crippen molar-refractivity contribution in [3.8, 4) is 0 Å². The van der Waals surface area contributed by atoms with Gasteiger partial charge in [0.2, 0.25) is 0 Å². The molecule has 0 aromatic heterocycles. The van der Waals surface area contributed by atoms with Crippen molar-refractivity contribution in [2.24, 2.45) is 5.41 Å². The lowest BCUT2D eigenvalue weighted by Gasteiger charge is -2.19. The summed E-state index contributed by atoms with van der Waals surface area (Å²) in [5.41, 5.74) is 1.81. The van der Waals surface area contributed by atoms with Gasteiger partial charge >= 0.3 is 5.97 Å². The number of benzene rings is 1. The van der Waals surface area contributed by atoms with Crippen LogP contribution in [0.15, 0.2) is 22.7 Å². The Morgan fingerprint density at radius 2 is 2.11 bits per heavy atom. The summed E-state index contributed by atoms with van der Waals surface area (Å²) in [6, 6.07) is 6.18. The number of nitrogens with one attached hydrogen (secondary N) is 1. The van der Waals surface area contributed by atoms with Gasteiger partial charge in [-0.25, -0.2) is 0 Å². The highest BCUT2D eigenvalue weighted by molar-refractivity contribution is 9.10. The molecule has 0 radical (unpaired) electrons. The number of hydrogen-bond acceptors (Lipinski definition) is 2. The maximum absolute atomic E-state index is 11.0. The Morgan fingerprint density at radius 3 is 2.72 bits per heavy atom. The molecule has 0 saturated heterocycles. The number of carbonyl (C=O) groups is 1. The molecule has 0 aliphatic heterocycles. The maximum atomic E-state index is 11.0. The number of rotatable bonds is 6. The normalized spacial score (nSPS) is 11.6. The van der Waals surface area contributed by atoms with E-state index in [0.29, 0.717) is 13.0 Å². The molecule has 1 aromatic carbocycles. The second-order valence-corrected chi connectivity index (χ2v) is 6.10. The molecule has 100 valence electrons. The number of aliphatic carboxylic acids is 1. The molecule has 0 aliphatic rings.